The van der Waals surface area contributed by atoms with Gasteiger partial charge in [0.2, 0.25) is 0 Å². The summed E-state index contributed by atoms with van der Waals surface area (Å²) < 4.78 is 0. The predicted octanol–water partition coefficient (Wildman–Crippen LogP) is 5.86. The van der Waals surface area contributed by atoms with Crippen LogP contribution in [0, 0.1) is 11.3 Å². The topological polar surface area (TPSA) is 50.7 Å². The predicted molar refractivity (Wildman–Crippen MR) is 112 cm³/mol. The molecule has 3 aliphatic rings. The largest absolute Gasteiger partial charge is 0.323 e. The molecule has 0 spiro atoms. The Morgan fingerprint density at radius 1 is 1.08 bits per heavy atom. The van der Waals surface area contributed by atoms with E-state index in [4.69, 9.17) is 10.8 Å². The molecule has 3 nitrogen and oxygen atoms in total. The van der Waals surface area contributed by atoms with Gasteiger partial charge < -0.3 is 5.84 Å². The SMILES string of the molecule is C=C(N=C1CCCCC/C1=N/N)[C@@](C)(C1=CCCC=C1)C1C=CCCC1. The first-order chi connectivity index (χ1) is 12.7. The van der Waals surface area contributed by atoms with Crippen LogP contribution < -0.4 is 5.84 Å². The maximum Gasteiger partial charge on any atom is 0.0814 e. The van der Waals surface area contributed by atoms with Crippen LogP contribution in [0.1, 0.15) is 71.1 Å². The van der Waals surface area contributed by atoms with E-state index in [1.165, 1.54) is 31.3 Å². The van der Waals surface area contributed by atoms with Crippen molar-refractivity contribution >= 4 is 11.4 Å². The quantitative estimate of drug-likeness (QED) is 0.293. The van der Waals surface area contributed by atoms with E-state index in [1.807, 2.05) is 0 Å². The monoisotopic (exact) mass is 351 g/mol. The van der Waals surface area contributed by atoms with Crippen LogP contribution in [0.25, 0.3) is 0 Å². The Kier molecular flexibility index (Phi) is 6.29. The molecule has 0 amide bonds. The Morgan fingerprint density at radius 2 is 1.88 bits per heavy atom. The molecule has 0 bridgehead atoms. The molecule has 0 aromatic carbocycles. The normalized spacial score (nSPS) is 29.3. The van der Waals surface area contributed by atoms with Gasteiger partial charge in [-0.3, -0.25) is 4.99 Å². The Hall–Kier alpha value is -1.90. The highest BCUT2D eigenvalue weighted by Gasteiger charge is 2.39. The number of nitrogens with zero attached hydrogens (tertiary/aromatic N) is 2. The molecular formula is C23H33N3. The van der Waals surface area contributed by atoms with Gasteiger partial charge in [-0.1, -0.05) is 43.4 Å². The molecule has 1 fully saturated rings. The van der Waals surface area contributed by atoms with Crippen molar-refractivity contribution in [3.8, 4) is 0 Å². The molecule has 0 radical (unpaired) electrons. The minimum absolute atomic E-state index is 0.160. The van der Waals surface area contributed by atoms with E-state index in [0.717, 1.165) is 55.6 Å². The minimum atomic E-state index is -0.160. The summed E-state index contributed by atoms with van der Waals surface area (Å²) in [6.45, 7) is 6.81. The Balaban J connectivity index is 1.98. The van der Waals surface area contributed by atoms with Gasteiger partial charge in [0, 0.05) is 11.1 Å². The molecule has 140 valence electrons. The fourth-order valence-electron chi connectivity index (χ4n) is 4.48. The Labute approximate surface area is 158 Å². The summed E-state index contributed by atoms with van der Waals surface area (Å²) in [5.41, 5.74) is 4.20. The van der Waals surface area contributed by atoms with Crippen molar-refractivity contribution < 1.29 is 0 Å². The first-order valence-electron chi connectivity index (χ1n) is 10.2. The van der Waals surface area contributed by atoms with Crippen LogP contribution >= 0.6 is 0 Å². The number of hydrogen-bond donors (Lipinski definition) is 1. The van der Waals surface area contributed by atoms with Crippen molar-refractivity contribution in [2.24, 2.45) is 27.3 Å². The zero-order chi connectivity index (χ0) is 18.4. The molecule has 0 aliphatic heterocycles. The summed E-state index contributed by atoms with van der Waals surface area (Å²) in [7, 11) is 0. The van der Waals surface area contributed by atoms with Crippen LogP contribution in [-0.2, 0) is 0 Å². The molecule has 2 N–H and O–H groups in total. The lowest BCUT2D eigenvalue weighted by atomic mass is 9.65. The van der Waals surface area contributed by atoms with Crippen molar-refractivity contribution in [2.45, 2.75) is 71.1 Å². The van der Waals surface area contributed by atoms with E-state index < -0.39 is 0 Å². The van der Waals surface area contributed by atoms with E-state index in [9.17, 15) is 0 Å². The van der Waals surface area contributed by atoms with Gasteiger partial charge in [0.15, 0.2) is 0 Å². The van der Waals surface area contributed by atoms with Crippen LogP contribution in [0.2, 0.25) is 0 Å². The van der Waals surface area contributed by atoms with E-state index in [-0.39, 0.29) is 5.41 Å². The smallest absolute Gasteiger partial charge is 0.0814 e. The van der Waals surface area contributed by atoms with Gasteiger partial charge >= 0.3 is 0 Å². The molecule has 0 heterocycles. The summed E-state index contributed by atoms with van der Waals surface area (Å²) in [4.78, 5) is 5.07. The molecule has 1 unspecified atom stereocenters. The minimum Gasteiger partial charge on any atom is -0.323 e. The molecule has 1 saturated carbocycles. The van der Waals surface area contributed by atoms with E-state index >= 15 is 0 Å². The Bertz CT molecular complexity index is 678. The number of allylic oxidation sites excluding steroid dienone is 6. The summed E-state index contributed by atoms with van der Waals surface area (Å²) in [5, 5.41) is 4.05. The van der Waals surface area contributed by atoms with Gasteiger partial charge in [-0.2, -0.15) is 5.10 Å². The van der Waals surface area contributed by atoms with Crippen LogP contribution in [-0.4, -0.2) is 11.4 Å². The lowest BCUT2D eigenvalue weighted by molar-refractivity contribution is 0.316. The molecular weight excluding hydrogens is 318 g/mol. The fourth-order valence-corrected chi connectivity index (χ4v) is 4.48. The third-order valence-electron chi connectivity index (χ3n) is 6.28. The first-order valence-corrected chi connectivity index (χ1v) is 10.2. The van der Waals surface area contributed by atoms with Gasteiger partial charge in [0.05, 0.1) is 11.4 Å². The molecule has 0 saturated heterocycles. The van der Waals surface area contributed by atoms with Crippen molar-refractivity contribution in [1.29, 1.82) is 0 Å². The second kappa shape index (κ2) is 8.66. The third kappa shape index (κ3) is 3.92. The van der Waals surface area contributed by atoms with Gasteiger partial charge in [0.25, 0.3) is 0 Å². The van der Waals surface area contributed by atoms with E-state index in [1.54, 1.807) is 0 Å². The molecule has 3 heteroatoms. The lowest BCUT2D eigenvalue weighted by Crippen LogP contribution is -2.32. The number of nitrogens with two attached hydrogens (primary N) is 1. The van der Waals surface area contributed by atoms with Crippen molar-refractivity contribution in [2.75, 3.05) is 0 Å². The van der Waals surface area contributed by atoms with Crippen LogP contribution in [0.3, 0.4) is 0 Å². The van der Waals surface area contributed by atoms with Gasteiger partial charge in [-0.05, 0) is 76.2 Å². The second-order valence-corrected chi connectivity index (χ2v) is 7.95. The standard InChI is InChI=1S/C23H33N3/c1-18(25-21-16-10-5-11-17-22(21)26-24)23(2,19-12-6-3-7-13-19)20-14-8-4-9-15-20/h6,8,12-14,20H,1,3-5,7,9-11,15-17,24H2,2H3/b25-21?,26-22-/t20?,23-/m0/s1. The molecule has 26 heavy (non-hydrogen) atoms. The van der Waals surface area contributed by atoms with E-state index in [0.29, 0.717) is 5.92 Å². The maximum atomic E-state index is 5.68. The van der Waals surface area contributed by atoms with Crippen LogP contribution in [0.15, 0.2) is 58.3 Å². The molecule has 3 rings (SSSR count). The summed E-state index contributed by atoms with van der Waals surface area (Å²) in [5.74, 6) is 6.13. The number of hydrogen-bond acceptors (Lipinski definition) is 3. The molecule has 0 aromatic heterocycles. The summed E-state index contributed by atoms with van der Waals surface area (Å²) in [6.07, 6.45) is 23.0. The molecule has 2 atom stereocenters. The zero-order valence-corrected chi connectivity index (χ0v) is 16.2. The number of aliphatic imine (C=N–C) groups is 1. The first kappa shape index (κ1) is 18.9. The average molecular weight is 352 g/mol. The van der Waals surface area contributed by atoms with Gasteiger partial charge in [-0.15, -0.1) is 0 Å². The van der Waals surface area contributed by atoms with Gasteiger partial charge in [-0.25, -0.2) is 0 Å². The third-order valence-corrected chi connectivity index (χ3v) is 6.28. The number of rotatable bonds is 4. The van der Waals surface area contributed by atoms with Crippen molar-refractivity contribution in [1.82, 2.24) is 0 Å². The highest BCUT2D eigenvalue weighted by atomic mass is 15.1. The van der Waals surface area contributed by atoms with E-state index in [2.05, 4.69) is 49.0 Å². The second-order valence-electron chi connectivity index (χ2n) is 7.95. The Morgan fingerprint density at radius 3 is 2.54 bits per heavy atom. The lowest BCUT2D eigenvalue weighted by Gasteiger charge is -2.40. The fraction of sp³-hybridized carbons (Fsp3) is 0.565. The number of hydrazone groups is 1. The zero-order valence-electron chi connectivity index (χ0n) is 16.2. The average Bonchev–Trinajstić information content (AvgIpc) is 2.93. The van der Waals surface area contributed by atoms with Gasteiger partial charge in [0.1, 0.15) is 0 Å². The maximum absolute atomic E-state index is 5.68. The highest BCUT2D eigenvalue weighted by molar-refractivity contribution is 6.42. The molecule has 3 aliphatic carbocycles. The summed E-state index contributed by atoms with van der Waals surface area (Å²) in [6, 6.07) is 0. The van der Waals surface area contributed by atoms with Crippen molar-refractivity contribution in [3.05, 3.63) is 48.2 Å². The van der Waals surface area contributed by atoms with Crippen LogP contribution in [0.5, 0.6) is 0 Å². The van der Waals surface area contributed by atoms with Crippen LogP contribution in [0.4, 0.5) is 0 Å². The highest BCUT2D eigenvalue weighted by Crippen LogP contribution is 2.48. The van der Waals surface area contributed by atoms with Crippen molar-refractivity contribution in [3.63, 3.8) is 0 Å². The molecule has 0 aromatic rings. The summed E-state index contributed by atoms with van der Waals surface area (Å²) >= 11 is 0.